The summed E-state index contributed by atoms with van der Waals surface area (Å²) in [7, 11) is 1.61. The highest BCUT2D eigenvalue weighted by Crippen LogP contribution is 2.42. The Bertz CT molecular complexity index is 894. The van der Waals surface area contributed by atoms with E-state index in [4.69, 9.17) is 21.1 Å². The molecule has 29 heavy (non-hydrogen) atoms. The van der Waals surface area contributed by atoms with Gasteiger partial charge in [-0.3, -0.25) is 0 Å². The number of rotatable bonds is 6. The molecule has 1 heterocycles. The number of nitrogens with one attached hydrogen (secondary N) is 1. The topological polar surface area (TPSA) is 71.3 Å². The van der Waals surface area contributed by atoms with E-state index in [1.54, 1.807) is 34.8 Å². The first-order valence-corrected chi connectivity index (χ1v) is 9.75. The summed E-state index contributed by atoms with van der Waals surface area (Å²) in [6, 6.07) is 6.14. The van der Waals surface area contributed by atoms with Gasteiger partial charge in [-0.25, -0.2) is 9.18 Å². The van der Waals surface area contributed by atoms with E-state index in [0.717, 1.165) is 0 Å². The maximum atomic E-state index is 13.6. The molecule has 5 nitrogen and oxygen atoms in total. The van der Waals surface area contributed by atoms with Gasteiger partial charge in [0.05, 0.1) is 23.1 Å². The van der Waals surface area contributed by atoms with Crippen LogP contribution in [0.15, 0.2) is 40.7 Å². The number of allylic oxidation sites excluding steroid dienone is 3. The maximum Gasteiger partial charge on any atom is 0.337 e. The molecule has 2 rings (SSSR count). The van der Waals surface area contributed by atoms with Gasteiger partial charge in [0, 0.05) is 30.1 Å². The SMILES string of the molecule is COCCCC1=C(C(=O)OC(C)(C)C)C(c2ccc(F)cc2Cl)C(C#N)=C(C)N1. The van der Waals surface area contributed by atoms with E-state index in [1.807, 2.05) is 0 Å². The number of hydrogen-bond donors (Lipinski definition) is 1. The summed E-state index contributed by atoms with van der Waals surface area (Å²) in [5.41, 5.74) is 1.69. The third kappa shape index (κ3) is 5.59. The largest absolute Gasteiger partial charge is 0.457 e. The minimum atomic E-state index is -0.748. The predicted molar refractivity (Wildman–Crippen MR) is 110 cm³/mol. The Labute approximate surface area is 176 Å². The molecule has 0 saturated heterocycles. The number of carbonyl (C=O) groups excluding carboxylic acids is 1. The Balaban J connectivity index is 2.66. The van der Waals surface area contributed by atoms with Crippen LogP contribution in [-0.4, -0.2) is 25.3 Å². The van der Waals surface area contributed by atoms with Crippen LogP contribution >= 0.6 is 11.6 Å². The fourth-order valence-electron chi connectivity index (χ4n) is 3.26. The van der Waals surface area contributed by atoms with E-state index in [2.05, 4.69) is 11.4 Å². The molecule has 156 valence electrons. The lowest BCUT2D eigenvalue weighted by Crippen LogP contribution is -2.33. The van der Waals surface area contributed by atoms with Gasteiger partial charge < -0.3 is 14.8 Å². The van der Waals surface area contributed by atoms with Crippen molar-refractivity contribution in [1.82, 2.24) is 5.32 Å². The van der Waals surface area contributed by atoms with Crippen LogP contribution in [0.3, 0.4) is 0 Å². The highest BCUT2D eigenvalue weighted by atomic mass is 35.5. The molecule has 0 amide bonds. The van der Waals surface area contributed by atoms with Crippen molar-refractivity contribution in [1.29, 1.82) is 5.26 Å². The first-order valence-electron chi connectivity index (χ1n) is 9.37. The summed E-state index contributed by atoms with van der Waals surface area (Å²) >= 11 is 6.32. The third-order valence-electron chi connectivity index (χ3n) is 4.43. The first kappa shape index (κ1) is 22.9. The van der Waals surface area contributed by atoms with Crippen LogP contribution in [0, 0.1) is 17.1 Å². The minimum absolute atomic E-state index is 0.148. The van der Waals surface area contributed by atoms with E-state index in [-0.39, 0.29) is 5.02 Å². The van der Waals surface area contributed by atoms with Gasteiger partial charge in [-0.05, 0) is 58.2 Å². The van der Waals surface area contributed by atoms with Crippen molar-refractivity contribution in [2.75, 3.05) is 13.7 Å². The lowest BCUT2D eigenvalue weighted by molar-refractivity contribution is -0.150. The lowest BCUT2D eigenvalue weighted by Gasteiger charge is -2.32. The zero-order valence-electron chi connectivity index (χ0n) is 17.4. The molecule has 1 aliphatic rings. The number of nitriles is 1. The van der Waals surface area contributed by atoms with Crippen molar-refractivity contribution in [3.05, 3.63) is 57.1 Å². The van der Waals surface area contributed by atoms with E-state index in [0.29, 0.717) is 47.6 Å². The Morgan fingerprint density at radius 2 is 2.07 bits per heavy atom. The predicted octanol–water partition coefficient (Wildman–Crippen LogP) is 4.99. The maximum absolute atomic E-state index is 13.6. The molecule has 0 bridgehead atoms. The van der Waals surface area contributed by atoms with E-state index in [1.165, 1.54) is 18.2 Å². The molecule has 1 aliphatic heterocycles. The van der Waals surface area contributed by atoms with E-state index < -0.39 is 23.3 Å². The Hall–Kier alpha value is -2.36. The van der Waals surface area contributed by atoms with Crippen LogP contribution in [0.2, 0.25) is 5.02 Å². The molecule has 0 spiro atoms. The summed E-state index contributed by atoms with van der Waals surface area (Å²) in [5.74, 6) is -1.78. The number of halogens is 2. The fraction of sp³-hybridized carbons (Fsp3) is 0.455. The second-order valence-electron chi connectivity index (χ2n) is 7.86. The molecule has 0 fully saturated rings. The summed E-state index contributed by atoms with van der Waals surface area (Å²) in [6.45, 7) is 7.61. The zero-order chi connectivity index (χ0) is 21.8. The van der Waals surface area contributed by atoms with Crippen molar-refractivity contribution in [2.24, 2.45) is 0 Å². The monoisotopic (exact) mass is 420 g/mol. The van der Waals surface area contributed by atoms with E-state index >= 15 is 0 Å². The Kier molecular flexibility index (Phi) is 7.45. The molecule has 0 saturated carbocycles. The lowest BCUT2D eigenvalue weighted by atomic mass is 9.80. The smallest absolute Gasteiger partial charge is 0.337 e. The molecule has 0 radical (unpaired) electrons. The standard InChI is InChI=1S/C22H26ClFN2O3/c1-13-16(12-25)19(15-9-8-14(24)11-17(15)23)20(21(27)29-22(2,3)4)18(26-13)7-6-10-28-5/h8-9,11,19,26H,6-7,10H2,1-5H3. The zero-order valence-corrected chi connectivity index (χ0v) is 18.1. The van der Waals surface area contributed by atoms with Crippen LogP contribution in [0.5, 0.6) is 0 Å². The number of esters is 1. The summed E-state index contributed by atoms with van der Waals surface area (Å²) in [5, 5.41) is 13.1. The van der Waals surface area contributed by atoms with Crippen LogP contribution in [-0.2, 0) is 14.3 Å². The van der Waals surface area contributed by atoms with Gasteiger partial charge in [-0.2, -0.15) is 5.26 Å². The number of hydrogen-bond acceptors (Lipinski definition) is 5. The number of benzene rings is 1. The van der Waals surface area contributed by atoms with Crippen LogP contribution in [0.4, 0.5) is 4.39 Å². The fourth-order valence-corrected chi connectivity index (χ4v) is 3.53. The second-order valence-corrected chi connectivity index (χ2v) is 8.27. The molecule has 0 aliphatic carbocycles. The Morgan fingerprint density at radius 1 is 1.38 bits per heavy atom. The molecular weight excluding hydrogens is 395 g/mol. The van der Waals surface area contributed by atoms with Gasteiger partial charge in [-0.1, -0.05) is 17.7 Å². The third-order valence-corrected chi connectivity index (χ3v) is 4.76. The number of methoxy groups -OCH3 is 1. The minimum Gasteiger partial charge on any atom is -0.457 e. The average molecular weight is 421 g/mol. The van der Waals surface area contributed by atoms with Crippen molar-refractivity contribution in [2.45, 2.75) is 52.1 Å². The van der Waals surface area contributed by atoms with Gasteiger partial charge in [0.2, 0.25) is 0 Å². The summed E-state index contributed by atoms with van der Waals surface area (Å²) < 4.78 is 24.4. The molecule has 1 aromatic rings. The molecule has 1 unspecified atom stereocenters. The Morgan fingerprint density at radius 3 is 2.62 bits per heavy atom. The van der Waals surface area contributed by atoms with Gasteiger partial charge in [0.25, 0.3) is 0 Å². The molecular formula is C22H26ClFN2O3. The highest BCUT2D eigenvalue weighted by Gasteiger charge is 2.37. The number of carbonyl (C=O) groups is 1. The van der Waals surface area contributed by atoms with Crippen LogP contribution in [0.25, 0.3) is 0 Å². The van der Waals surface area contributed by atoms with Crippen molar-refractivity contribution in [3.8, 4) is 6.07 Å². The van der Waals surface area contributed by atoms with Crippen LogP contribution in [0.1, 0.15) is 52.0 Å². The first-order chi connectivity index (χ1) is 13.6. The van der Waals surface area contributed by atoms with E-state index in [9.17, 15) is 14.4 Å². The summed E-state index contributed by atoms with van der Waals surface area (Å²) in [4.78, 5) is 13.2. The highest BCUT2D eigenvalue weighted by molar-refractivity contribution is 6.31. The van der Waals surface area contributed by atoms with Gasteiger partial charge >= 0.3 is 5.97 Å². The quantitative estimate of drug-likeness (QED) is 0.518. The average Bonchev–Trinajstić information content (AvgIpc) is 2.60. The molecule has 1 N–H and O–H groups in total. The number of nitrogens with zero attached hydrogens (tertiary/aromatic N) is 1. The number of dihydropyridines is 1. The number of ether oxygens (including phenoxy) is 2. The van der Waals surface area contributed by atoms with Gasteiger partial charge in [0.1, 0.15) is 11.4 Å². The van der Waals surface area contributed by atoms with Crippen molar-refractivity contribution in [3.63, 3.8) is 0 Å². The molecule has 7 heteroatoms. The second kappa shape index (κ2) is 9.43. The molecule has 0 aromatic heterocycles. The normalized spacial score (nSPS) is 17.1. The van der Waals surface area contributed by atoms with Crippen LogP contribution < -0.4 is 5.32 Å². The molecule has 1 atom stereocenters. The molecule has 1 aromatic carbocycles. The summed E-state index contributed by atoms with van der Waals surface area (Å²) in [6.07, 6.45) is 1.19. The van der Waals surface area contributed by atoms with Crippen molar-refractivity contribution >= 4 is 17.6 Å². The van der Waals surface area contributed by atoms with Crippen molar-refractivity contribution < 1.29 is 18.7 Å². The van der Waals surface area contributed by atoms with Gasteiger partial charge in [-0.15, -0.1) is 0 Å². The van der Waals surface area contributed by atoms with Gasteiger partial charge in [0.15, 0.2) is 0 Å².